The van der Waals surface area contributed by atoms with E-state index in [-0.39, 0.29) is 23.7 Å². The van der Waals surface area contributed by atoms with Gasteiger partial charge in [0.25, 0.3) is 5.91 Å². The normalized spacial score (nSPS) is 14.8. The fourth-order valence-corrected chi connectivity index (χ4v) is 3.52. The number of anilines is 1. The Kier molecular flexibility index (Phi) is 6.58. The van der Waals surface area contributed by atoms with E-state index in [2.05, 4.69) is 5.32 Å². The van der Waals surface area contributed by atoms with Crippen LogP contribution in [-0.4, -0.2) is 29.8 Å². The molecule has 0 aromatic heterocycles. The highest BCUT2D eigenvalue weighted by atomic mass is 19.1. The van der Waals surface area contributed by atoms with Crippen molar-refractivity contribution < 1.29 is 14.0 Å². The molecule has 0 bridgehead atoms. The summed E-state index contributed by atoms with van der Waals surface area (Å²) in [5.74, 6) is -0.744. The minimum Gasteiger partial charge on any atom is -0.339 e. The van der Waals surface area contributed by atoms with Gasteiger partial charge in [-0.2, -0.15) is 0 Å². The molecule has 0 aliphatic heterocycles. The summed E-state index contributed by atoms with van der Waals surface area (Å²) in [7, 11) is 1.84. The molecule has 3 rings (SSSR count). The molecule has 2 aromatic carbocycles. The second-order valence-corrected chi connectivity index (χ2v) is 7.13. The molecule has 2 amide bonds. The number of carbonyl (C=O) groups excluding carboxylic acids is 2. The number of carbonyl (C=O) groups is 2. The number of hydrogen-bond acceptors (Lipinski definition) is 2. The second kappa shape index (κ2) is 9.31. The first-order valence-electron chi connectivity index (χ1n) is 9.65. The van der Waals surface area contributed by atoms with Gasteiger partial charge in [0.05, 0.1) is 11.3 Å². The van der Waals surface area contributed by atoms with E-state index >= 15 is 0 Å². The van der Waals surface area contributed by atoms with Crippen molar-refractivity contribution in [1.29, 1.82) is 0 Å². The molecule has 1 aliphatic rings. The van der Waals surface area contributed by atoms with Gasteiger partial charge >= 0.3 is 0 Å². The largest absolute Gasteiger partial charge is 0.339 e. The Morgan fingerprint density at radius 3 is 2.43 bits per heavy atom. The predicted molar refractivity (Wildman–Crippen MR) is 109 cm³/mol. The summed E-state index contributed by atoms with van der Waals surface area (Å²) in [6, 6.07) is 13.2. The summed E-state index contributed by atoms with van der Waals surface area (Å²) in [5, 5.41) is 2.78. The van der Waals surface area contributed by atoms with E-state index < -0.39 is 0 Å². The van der Waals surface area contributed by atoms with Crippen molar-refractivity contribution in [3.63, 3.8) is 0 Å². The van der Waals surface area contributed by atoms with Crippen LogP contribution in [0, 0.1) is 5.82 Å². The highest BCUT2D eigenvalue weighted by molar-refractivity contribution is 6.07. The number of rotatable bonds is 5. The van der Waals surface area contributed by atoms with Crippen LogP contribution in [0.1, 0.15) is 48.0 Å². The summed E-state index contributed by atoms with van der Waals surface area (Å²) in [4.78, 5) is 27.1. The molecular weight excluding hydrogens is 355 g/mol. The third-order valence-electron chi connectivity index (χ3n) is 5.16. The van der Waals surface area contributed by atoms with Crippen LogP contribution in [0.25, 0.3) is 6.08 Å². The lowest BCUT2D eigenvalue weighted by atomic mass is 9.94. The standard InChI is InChI=1S/C23H25FN2O2/c1-26(19-7-3-2-4-8-19)23(28)20-9-5-6-10-21(20)25-22(27)16-13-17-11-14-18(24)15-12-17/h5-6,9-16,19H,2-4,7-8H2,1H3,(H,25,27)/b16-13+. The lowest BCUT2D eigenvalue weighted by Gasteiger charge is -2.31. The molecule has 2 aromatic rings. The van der Waals surface area contributed by atoms with Crippen molar-refractivity contribution in [1.82, 2.24) is 4.90 Å². The van der Waals surface area contributed by atoms with E-state index in [1.54, 1.807) is 47.4 Å². The van der Waals surface area contributed by atoms with Crippen LogP contribution in [-0.2, 0) is 4.79 Å². The van der Waals surface area contributed by atoms with E-state index in [1.807, 2.05) is 7.05 Å². The van der Waals surface area contributed by atoms with Gasteiger partial charge in [-0.1, -0.05) is 43.5 Å². The van der Waals surface area contributed by atoms with Gasteiger partial charge in [0.1, 0.15) is 5.82 Å². The topological polar surface area (TPSA) is 49.4 Å². The highest BCUT2D eigenvalue weighted by Crippen LogP contribution is 2.25. The number of halogens is 1. The van der Waals surface area contributed by atoms with E-state index in [1.165, 1.54) is 24.6 Å². The maximum atomic E-state index is 13.0. The van der Waals surface area contributed by atoms with Crippen molar-refractivity contribution in [2.24, 2.45) is 0 Å². The number of hydrogen-bond donors (Lipinski definition) is 1. The Balaban J connectivity index is 1.69. The van der Waals surface area contributed by atoms with Crippen LogP contribution in [0.4, 0.5) is 10.1 Å². The van der Waals surface area contributed by atoms with Crippen molar-refractivity contribution in [2.45, 2.75) is 38.1 Å². The van der Waals surface area contributed by atoms with Gasteiger partial charge in [0.2, 0.25) is 5.91 Å². The Hall–Kier alpha value is -2.95. The molecule has 1 N–H and O–H groups in total. The van der Waals surface area contributed by atoms with Gasteiger partial charge in [0.15, 0.2) is 0 Å². The summed E-state index contributed by atoms with van der Waals surface area (Å²) < 4.78 is 13.0. The molecule has 28 heavy (non-hydrogen) atoms. The van der Waals surface area contributed by atoms with Crippen LogP contribution in [0.5, 0.6) is 0 Å². The molecule has 0 atom stereocenters. The summed E-state index contributed by atoms with van der Waals surface area (Å²) in [5.41, 5.74) is 1.70. The minimum absolute atomic E-state index is 0.0784. The lowest BCUT2D eigenvalue weighted by Crippen LogP contribution is -2.38. The van der Waals surface area contributed by atoms with Gasteiger partial charge in [-0.25, -0.2) is 4.39 Å². The van der Waals surface area contributed by atoms with Gasteiger partial charge in [-0.15, -0.1) is 0 Å². The first kappa shape index (κ1) is 19.8. The van der Waals surface area contributed by atoms with Gasteiger partial charge in [0, 0.05) is 19.2 Å². The average Bonchev–Trinajstić information content (AvgIpc) is 2.73. The lowest BCUT2D eigenvalue weighted by molar-refractivity contribution is -0.111. The van der Waals surface area contributed by atoms with Gasteiger partial charge < -0.3 is 10.2 Å². The zero-order valence-corrected chi connectivity index (χ0v) is 16.0. The fourth-order valence-electron chi connectivity index (χ4n) is 3.52. The average molecular weight is 380 g/mol. The fraction of sp³-hybridized carbons (Fsp3) is 0.304. The Bertz CT molecular complexity index is 855. The Labute approximate surface area is 165 Å². The summed E-state index contributed by atoms with van der Waals surface area (Å²) >= 11 is 0. The molecule has 1 aliphatic carbocycles. The van der Waals surface area contributed by atoms with Crippen molar-refractivity contribution in [2.75, 3.05) is 12.4 Å². The SMILES string of the molecule is CN(C(=O)c1ccccc1NC(=O)/C=C/c1ccc(F)cc1)C1CCCCC1. The van der Waals surface area contributed by atoms with E-state index in [0.29, 0.717) is 11.3 Å². The third kappa shape index (κ3) is 5.06. The molecule has 0 spiro atoms. The van der Waals surface area contributed by atoms with Crippen LogP contribution < -0.4 is 5.32 Å². The second-order valence-electron chi connectivity index (χ2n) is 7.13. The van der Waals surface area contributed by atoms with E-state index in [9.17, 15) is 14.0 Å². The molecular formula is C23H25FN2O2. The van der Waals surface area contributed by atoms with Crippen molar-refractivity contribution >= 4 is 23.6 Å². The molecule has 4 nitrogen and oxygen atoms in total. The first-order valence-corrected chi connectivity index (χ1v) is 9.65. The summed E-state index contributed by atoms with van der Waals surface area (Å²) in [6.07, 6.45) is 8.55. The highest BCUT2D eigenvalue weighted by Gasteiger charge is 2.24. The Morgan fingerprint density at radius 1 is 1.04 bits per heavy atom. The molecule has 1 saturated carbocycles. The van der Waals surface area contributed by atoms with Gasteiger partial charge in [-0.3, -0.25) is 9.59 Å². The molecule has 0 heterocycles. The van der Waals surface area contributed by atoms with Crippen LogP contribution in [0.3, 0.4) is 0 Å². The number of amides is 2. The maximum absolute atomic E-state index is 13.0. The first-order chi connectivity index (χ1) is 13.5. The van der Waals surface area contributed by atoms with E-state index in [4.69, 9.17) is 0 Å². The van der Waals surface area contributed by atoms with Crippen LogP contribution in [0.15, 0.2) is 54.6 Å². The minimum atomic E-state index is -0.343. The molecule has 1 fully saturated rings. The zero-order valence-electron chi connectivity index (χ0n) is 16.0. The van der Waals surface area contributed by atoms with Gasteiger partial charge in [-0.05, 0) is 48.7 Å². The quantitative estimate of drug-likeness (QED) is 0.752. The number of benzene rings is 2. The van der Waals surface area contributed by atoms with Crippen LogP contribution in [0.2, 0.25) is 0 Å². The summed E-state index contributed by atoms with van der Waals surface area (Å²) in [6.45, 7) is 0. The molecule has 0 unspecified atom stereocenters. The molecule has 0 radical (unpaired) electrons. The van der Waals surface area contributed by atoms with Crippen molar-refractivity contribution in [3.05, 3.63) is 71.6 Å². The molecule has 0 saturated heterocycles. The number of para-hydroxylation sites is 1. The van der Waals surface area contributed by atoms with Crippen molar-refractivity contribution in [3.8, 4) is 0 Å². The molecule has 146 valence electrons. The number of nitrogens with zero attached hydrogens (tertiary/aromatic N) is 1. The smallest absolute Gasteiger partial charge is 0.255 e. The molecule has 5 heteroatoms. The zero-order chi connectivity index (χ0) is 19.9. The third-order valence-corrected chi connectivity index (χ3v) is 5.16. The Morgan fingerprint density at radius 2 is 1.71 bits per heavy atom. The predicted octanol–water partition coefficient (Wildman–Crippen LogP) is 4.88. The monoisotopic (exact) mass is 380 g/mol. The number of nitrogens with one attached hydrogen (secondary N) is 1. The van der Waals surface area contributed by atoms with Crippen LogP contribution >= 0.6 is 0 Å². The maximum Gasteiger partial charge on any atom is 0.255 e. The van der Waals surface area contributed by atoms with E-state index in [0.717, 1.165) is 31.2 Å².